The predicted octanol–water partition coefficient (Wildman–Crippen LogP) is 2.31. The van der Waals surface area contributed by atoms with Gasteiger partial charge in [0.15, 0.2) is 5.76 Å². The number of nitrogens with one attached hydrogen (secondary N) is 1. The van der Waals surface area contributed by atoms with E-state index in [-0.39, 0.29) is 18.2 Å². The number of anilines is 1. The molecule has 19 heavy (non-hydrogen) atoms. The van der Waals surface area contributed by atoms with E-state index < -0.39 is 0 Å². The monoisotopic (exact) mass is 260 g/mol. The number of carbonyl (C=O) groups excluding carboxylic acids is 1. The molecule has 0 saturated heterocycles. The first-order valence-corrected chi connectivity index (χ1v) is 5.89. The second kappa shape index (κ2) is 5.58. The topological polar surface area (TPSA) is 77.5 Å². The van der Waals surface area contributed by atoms with Crippen molar-refractivity contribution in [3.8, 4) is 5.75 Å². The number of aryl methyl sites for hydroxylation is 1. The molecule has 0 fully saturated rings. The molecule has 0 atom stereocenters. The molecule has 5 nitrogen and oxygen atoms in total. The third kappa shape index (κ3) is 2.95. The smallest absolute Gasteiger partial charge is 0.291 e. The van der Waals surface area contributed by atoms with Crippen LogP contribution in [0.15, 0.2) is 34.7 Å². The Kier molecular flexibility index (Phi) is 3.87. The highest BCUT2D eigenvalue weighted by Gasteiger charge is 2.11. The Bertz CT molecular complexity index is 590. The molecule has 0 spiro atoms. The Morgan fingerprint density at radius 3 is 2.74 bits per heavy atom. The Morgan fingerprint density at radius 2 is 2.16 bits per heavy atom. The molecule has 3 N–H and O–H groups in total. The molecule has 1 aromatic carbocycles. The molecule has 0 radical (unpaired) electrons. The highest BCUT2D eigenvalue weighted by Crippen LogP contribution is 2.22. The second-order valence-corrected chi connectivity index (χ2v) is 4.11. The number of nitrogens with two attached hydrogens (primary N) is 1. The van der Waals surface area contributed by atoms with Crippen molar-refractivity contribution in [1.82, 2.24) is 0 Å². The minimum absolute atomic E-state index is 0.244. The lowest BCUT2D eigenvalue weighted by molar-refractivity contribution is 0.0995. The van der Waals surface area contributed by atoms with E-state index in [0.717, 1.165) is 11.3 Å². The lowest BCUT2D eigenvalue weighted by Crippen LogP contribution is -2.11. The summed E-state index contributed by atoms with van der Waals surface area (Å²) in [5.41, 5.74) is 7.06. The Labute approximate surface area is 111 Å². The summed E-state index contributed by atoms with van der Waals surface area (Å²) in [5.74, 6) is 1.30. The maximum absolute atomic E-state index is 11.9. The molecule has 0 aliphatic rings. The summed E-state index contributed by atoms with van der Waals surface area (Å²) < 4.78 is 10.4. The van der Waals surface area contributed by atoms with Crippen molar-refractivity contribution in [3.63, 3.8) is 0 Å². The molecular weight excluding hydrogens is 244 g/mol. The van der Waals surface area contributed by atoms with E-state index in [4.69, 9.17) is 14.9 Å². The van der Waals surface area contributed by atoms with Gasteiger partial charge in [0.2, 0.25) is 0 Å². The fourth-order valence-electron chi connectivity index (χ4n) is 1.76. The van der Waals surface area contributed by atoms with Gasteiger partial charge < -0.3 is 20.2 Å². The van der Waals surface area contributed by atoms with Gasteiger partial charge in [-0.15, -0.1) is 0 Å². The van der Waals surface area contributed by atoms with Crippen LogP contribution in [0.2, 0.25) is 0 Å². The molecule has 0 aliphatic heterocycles. The Morgan fingerprint density at radius 1 is 1.37 bits per heavy atom. The summed E-state index contributed by atoms with van der Waals surface area (Å²) in [7, 11) is 1.61. The number of methoxy groups -OCH3 is 1. The van der Waals surface area contributed by atoms with Crippen LogP contribution in [0.3, 0.4) is 0 Å². The Hall–Kier alpha value is -2.27. The normalized spacial score (nSPS) is 10.3. The number of benzene rings is 1. The fraction of sp³-hybridized carbons (Fsp3) is 0.214. The molecule has 0 aliphatic carbocycles. The van der Waals surface area contributed by atoms with Gasteiger partial charge in [-0.2, -0.15) is 0 Å². The molecule has 5 heteroatoms. The summed E-state index contributed by atoms with van der Waals surface area (Å²) in [6.07, 6.45) is 0. The zero-order valence-corrected chi connectivity index (χ0v) is 10.9. The van der Waals surface area contributed by atoms with E-state index in [1.54, 1.807) is 31.4 Å². The second-order valence-electron chi connectivity index (χ2n) is 4.11. The maximum Gasteiger partial charge on any atom is 0.291 e. The summed E-state index contributed by atoms with van der Waals surface area (Å²) in [6.45, 7) is 2.18. The van der Waals surface area contributed by atoms with E-state index in [2.05, 4.69) is 5.32 Å². The van der Waals surface area contributed by atoms with Gasteiger partial charge in [0.1, 0.15) is 11.5 Å². The lowest BCUT2D eigenvalue weighted by Gasteiger charge is -2.08. The van der Waals surface area contributed by atoms with Crippen molar-refractivity contribution >= 4 is 11.6 Å². The average Bonchev–Trinajstić information content (AvgIpc) is 2.88. The first kappa shape index (κ1) is 13.2. The molecule has 0 bridgehead atoms. The van der Waals surface area contributed by atoms with Gasteiger partial charge in [-0.3, -0.25) is 4.79 Å². The number of furan rings is 1. The van der Waals surface area contributed by atoms with Crippen molar-refractivity contribution in [3.05, 3.63) is 47.4 Å². The molecule has 100 valence electrons. The van der Waals surface area contributed by atoms with Crippen LogP contribution in [0.4, 0.5) is 5.69 Å². The molecule has 0 saturated carbocycles. The number of rotatable bonds is 4. The van der Waals surface area contributed by atoms with Crippen LogP contribution in [0, 0.1) is 6.92 Å². The van der Waals surface area contributed by atoms with Crippen LogP contribution in [0.25, 0.3) is 0 Å². The van der Waals surface area contributed by atoms with Gasteiger partial charge in [-0.25, -0.2) is 0 Å². The van der Waals surface area contributed by atoms with Gasteiger partial charge in [-0.05, 0) is 42.8 Å². The number of hydrogen-bond acceptors (Lipinski definition) is 4. The van der Waals surface area contributed by atoms with Crippen LogP contribution in [-0.4, -0.2) is 13.0 Å². The van der Waals surface area contributed by atoms with Crippen molar-refractivity contribution in [1.29, 1.82) is 0 Å². The minimum atomic E-state index is -0.302. The summed E-state index contributed by atoms with van der Waals surface area (Å²) >= 11 is 0. The summed E-state index contributed by atoms with van der Waals surface area (Å²) in [4.78, 5) is 11.9. The molecule has 0 unspecified atom stereocenters. The maximum atomic E-state index is 11.9. The molecule has 1 amide bonds. The number of amides is 1. The van der Waals surface area contributed by atoms with Crippen molar-refractivity contribution in [2.75, 3.05) is 12.4 Å². The standard InChI is InChI=1S/C14H16N2O3/c1-9-7-10(3-5-12(9)18-2)16-14(17)13-6-4-11(8-15)19-13/h3-7H,8,15H2,1-2H3,(H,16,17). The van der Waals surface area contributed by atoms with E-state index in [1.807, 2.05) is 13.0 Å². The van der Waals surface area contributed by atoms with E-state index >= 15 is 0 Å². The van der Waals surface area contributed by atoms with Gasteiger partial charge in [0, 0.05) is 5.69 Å². The van der Waals surface area contributed by atoms with E-state index in [0.29, 0.717) is 11.4 Å². The van der Waals surface area contributed by atoms with E-state index in [1.165, 1.54) is 0 Å². The molecular formula is C14H16N2O3. The van der Waals surface area contributed by atoms with Crippen LogP contribution < -0.4 is 15.8 Å². The van der Waals surface area contributed by atoms with Crippen molar-refractivity contribution < 1.29 is 13.9 Å². The number of hydrogen-bond donors (Lipinski definition) is 2. The quantitative estimate of drug-likeness (QED) is 0.884. The molecule has 1 heterocycles. The molecule has 2 rings (SSSR count). The van der Waals surface area contributed by atoms with Crippen LogP contribution in [0.1, 0.15) is 21.9 Å². The van der Waals surface area contributed by atoms with Gasteiger partial charge >= 0.3 is 0 Å². The SMILES string of the molecule is COc1ccc(NC(=O)c2ccc(CN)o2)cc1C. The fourth-order valence-corrected chi connectivity index (χ4v) is 1.76. The molecule has 1 aromatic heterocycles. The summed E-state index contributed by atoms with van der Waals surface area (Å²) in [6, 6.07) is 8.71. The van der Waals surface area contributed by atoms with Crippen LogP contribution >= 0.6 is 0 Å². The summed E-state index contributed by atoms with van der Waals surface area (Å²) in [5, 5.41) is 2.76. The van der Waals surface area contributed by atoms with Gasteiger partial charge in [-0.1, -0.05) is 0 Å². The van der Waals surface area contributed by atoms with Crippen LogP contribution in [0.5, 0.6) is 5.75 Å². The predicted molar refractivity (Wildman–Crippen MR) is 72.3 cm³/mol. The third-order valence-corrected chi connectivity index (χ3v) is 2.74. The van der Waals surface area contributed by atoms with Crippen molar-refractivity contribution in [2.24, 2.45) is 5.73 Å². The first-order valence-electron chi connectivity index (χ1n) is 5.89. The van der Waals surface area contributed by atoms with E-state index in [9.17, 15) is 4.79 Å². The zero-order valence-electron chi connectivity index (χ0n) is 10.9. The number of ether oxygens (including phenoxy) is 1. The molecule has 2 aromatic rings. The Balaban J connectivity index is 2.12. The van der Waals surface area contributed by atoms with Gasteiger partial charge in [0.05, 0.1) is 13.7 Å². The highest BCUT2D eigenvalue weighted by atomic mass is 16.5. The zero-order chi connectivity index (χ0) is 13.8. The minimum Gasteiger partial charge on any atom is -0.496 e. The first-order chi connectivity index (χ1) is 9.13. The van der Waals surface area contributed by atoms with Crippen molar-refractivity contribution in [2.45, 2.75) is 13.5 Å². The highest BCUT2D eigenvalue weighted by molar-refractivity contribution is 6.02. The number of carbonyl (C=O) groups is 1. The van der Waals surface area contributed by atoms with Crippen LogP contribution in [-0.2, 0) is 6.54 Å². The average molecular weight is 260 g/mol. The third-order valence-electron chi connectivity index (χ3n) is 2.74. The lowest BCUT2D eigenvalue weighted by atomic mass is 10.2. The van der Waals surface area contributed by atoms with Gasteiger partial charge in [0.25, 0.3) is 5.91 Å². The largest absolute Gasteiger partial charge is 0.496 e.